The number of carbonyl (C=O) groups is 3. The van der Waals surface area contributed by atoms with Crippen molar-refractivity contribution in [3.63, 3.8) is 0 Å². The van der Waals surface area contributed by atoms with Gasteiger partial charge >= 0.3 is 57.4 Å². The molecule has 0 atom stereocenters. The summed E-state index contributed by atoms with van der Waals surface area (Å²) in [6.07, 6.45) is -0.766. The Morgan fingerprint density at radius 2 is 1.46 bits per heavy atom. The Morgan fingerprint density at radius 1 is 1.15 bits per heavy atom. The van der Waals surface area contributed by atoms with Gasteiger partial charge in [0.15, 0.2) is 0 Å². The smallest absolute Gasteiger partial charge is 0.550 e. The van der Waals surface area contributed by atoms with E-state index in [1.807, 2.05) is 0 Å². The summed E-state index contributed by atoms with van der Waals surface area (Å²) in [4.78, 5) is 28.1. The van der Waals surface area contributed by atoms with Crippen molar-refractivity contribution in [2.24, 2.45) is 0 Å². The molecule has 0 fully saturated rings. The Kier molecular flexibility index (Phi) is 17.4. The molecule has 0 aliphatic rings. The number of hydrogen-bond acceptors (Lipinski definition) is 4. The molecule has 0 aromatic rings. The molecule has 0 bridgehead atoms. The molecule has 0 heterocycles. The average molecular weight is 216 g/mol. The van der Waals surface area contributed by atoms with E-state index >= 15 is 0 Å². The van der Waals surface area contributed by atoms with Gasteiger partial charge < -0.3 is 20.1 Å². The number of carboxylic acids is 3. The van der Waals surface area contributed by atoms with Gasteiger partial charge in [0.2, 0.25) is 0 Å². The van der Waals surface area contributed by atoms with Gasteiger partial charge in [-0.2, -0.15) is 0 Å². The molecule has 0 aromatic carbocycles. The molecule has 0 aliphatic heterocycles. The summed E-state index contributed by atoms with van der Waals surface area (Å²) in [6, 6.07) is 0. The third-order valence-electron chi connectivity index (χ3n) is 0.543. The van der Waals surface area contributed by atoms with E-state index in [-0.39, 0.29) is 57.8 Å². The van der Waals surface area contributed by atoms with Crippen molar-refractivity contribution in [1.29, 1.82) is 0 Å². The van der Waals surface area contributed by atoms with Crippen molar-refractivity contribution in [3.8, 4) is 0 Å². The summed E-state index contributed by atoms with van der Waals surface area (Å²) in [7, 11) is 0. The topological polar surface area (TPSA) is 115 Å². The first-order chi connectivity index (χ1) is 5.36. The third-order valence-corrected chi connectivity index (χ3v) is 0.543. The predicted octanol–water partition coefficient (Wildman–Crippen LogP) is -4.30. The molecule has 2 N–H and O–H groups in total. The molecule has 0 unspecified atom stereocenters. The zero-order valence-electron chi connectivity index (χ0n) is 7.44. The van der Waals surface area contributed by atoms with E-state index in [0.717, 1.165) is 6.92 Å². The van der Waals surface area contributed by atoms with E-state index in [9.17, 15) is 14.7 Å². The molecule has 7 heteroatoms. The minimum atomic E-state index is -1.33. The number of rotatable bonds is 3. The van der Waals surface area contributed by atoms with Gasteiger partial charge in [-0.15, -0.1) is 0 Å². The monoisotopic (exact) mass is 216 g/mol. The normalized spacial score (nSPS) is 7.15. The maximum absolute atomic E-state index is 9.61. The first-order valence-electron chi connectivity index (χ1n) is 2.97. The summed E-state index contributed by atoms with van der Waals surface area (Å²) in [5.74, 6) is -3.28. The van der Waals surface area contributed by atoms with E-state index in [1.54, 1.807) is 0 Å². The standard InChI is InChI=1S/C4H6O4.C2H4O2.K/c5-3(6)1-2-4(7)8;1-2(3)4;/h1-2H2,(H,5,6)(H,7,8);1H3,(H,3,4);/q;;+1/p-1. The van der Waals surface area contributed by atoms with Crippen molar-refractivity contribution >= 4 is 17.9 Å². The van der Waals surface area contributed by atoms with Gasteiger partial charge in [-0.1, -0.05) is 0 Å². The molecule has 0 saturated carbocycles. The third kappa shape index (κ3) is 47.7. The second-order valence-corrected chi connectivity index (χ2v) is 1.78. The average Bonchev–Trinajstić information content (AvgIpc) is 1.82. The van der Waals surface area contributed by atoms with Crippen LogP contribution < -0.4 is 56.5 Å². The summed E-state index contributed by atoms with van der Waals surface area (Å²) >= 11 is 0. The van der Waals surface area contributed by atoms with Crippen LogP contribution in [0.4, 0.5) is 0 Å². The summed E-state index contributed by atoms with van der Waals surface area (Å²) in [5.41, 5.74) is 0. The Morgan fingerprint density at radius 3 is 1.54 bits per heavy atom. The van der Waals surface area contributed by atoms with E-state index in [2.05, 4.69) is 0 Å². The van der Waals surface area contributed by atoms with Crippen LogP contribution in [0.15, 0.2) is 0 Å². The number of aliphatic carboxylic acids is 3. The fourth-order valence-corrected chi connectivity index (χ4v) is 0.209. The summed E-state index contributed by atoms with van der Waals surface area (Å²) in [5, 5.41) is 24.8. The Bertz CT molecular complexity index is 160. The number of hydrogen-bond donors (Lipinski definition) is 2. The van der Waals surface area contributed by atoms with E-state index < -0.39 is 24.3 Å². The van der Waals surface area contributed by atoms with Gasteiger partial charge in [-0.3, -0.25) is 9.59 Å². The maximum atomic E-state index is 9.61. The number of carboxylic acid groups (broad SMARTS) is 3. The maximum Gasteiger partial charge on any atom is 1.00 e. The Labute approximate surface area is 117 Å². The first-order valence-corrected chi connectivity index (χ1v) is 2.97. The van der Waals surface area contributed by atoms with E-state index in [0.29, 0.717) is 0 Å². The zero-order valence-corrected chi connectivity index (χ0v) is 10.6. The van der Waals surface area contributed by atoms with Crippen molar-refractivity contribution in [2.45, 2.75) is 19.8 Å². The van der Waals surface area contributed by atoms with Gasteiger partial charge in [0.25, 0.3) is 5.97 Å². The molecule has 13 heavy (non-hydrogen) atoms. The van der Waals surface area contributed by atoms with E-state index in [4.69, 9.17) is 15.0 Å². The van der Waals surface area contributed by atoms with Crippen LogP contribution in [0.2, 0.25) is 0 Å². The van der Waals surface area contributed by atoms with Crippen LogP contribution in [0, 0.1) is 0 Å². The Hall–Kier alpha value is 0.0464. The molecule has 0 saturated heterocycles. The molecular weight excluding hydrogens is 207 g/mol. The Balaban J connectivity index is -0.000000173. The van der Waals surface area contributed by atoms with Gasteiger partial charge in [-0.05, 0) is 6.42 Å². The van der Waals surface area contributed by atoms with Crippen LogP contribution in [-0.2, 0) is 14.4 Å². The molecule has 0 spiro atoms. The van der Waals surface area contributed by atoms with Crippen molar-refractivity contribution in [3.05, 3.63) is 0 Å². The minimum absolute atomic E-state index is 0. The second-order valence-electron chi connectivity index (χ2n) is 1.78. The van der Waals surface area contributed by atoms with Crippen LogP contribution in [0.1, 0.15) is 19.8 Å². The quantitative estimate of drug-likeness (QED) is 0.461. The molecule has 0 rings (SSSR count). The van der Waals surface area contributed by atoms with Crippen molar-refractivity contribution < 1.29 is 81.1 Å². The predicted molar refractivity (Wildman–Crippen MR) is 35.2 cm³/mol. The van der Waals surface area contributed by atoms with Crippen LogP contribution in [-0.4, -0.2) is 28.1 Å². The molecule has 0 radical (unpaired) electrons. The van der Waals surface area contributed by atoms with Gasteiger partial charge in [-0.25, -0.2) is 0 Å². The SMILES string of the molecule is CC(=O)O.O=C([O-])CCC(=O)O.[K+]. The zero-order chi connectivity index (χ0) is 10.1. The van der Waals surface area contributed by atoms with Crippen LogP contribution >= 0.6 is 0 Å². The van der Waals surface area contributed by atoms with Gasteiger partial charge in [0.1, 0.15) is 0 Å². The largest absolute Gasteiger partial charge is 1.00 e. The summed E-state index contributed by atoms with van der Waals surface area (Å²) in [6.45, 7) is 1.08. The molecule has 0 aromatic heterocycles. The van der Waals surface area contributed by atoms with Crippen molar-refractivity contribution in [1.82, 2.24) is 0 Å². The van der Waals surface area contributed by atoms with Crippen LogP contribution in [0.3, 0.4) is 0 Å². The fraction of sp³-hybridized carbons (Fsp3) is 0.500. The molecular formula is C6H9KO6. The first kappa shape index (κ1) is 18.8. The molecule has 0 aliphatic carbocycles. The fourth-order valence-electron chi connectivity index (χ4n) is 0.209. The molecule has 0 amide bonds. The van der Waals surface area contributed by atoms with E-state index in [1.165, 1.54) is 0 Å². The van der Waals surface area contributed by atoms with Crippen molar-refractivity contribution in [2.75, 3.05) is 0 Å². The van der Waals surface area contributed by atoms with Crippen LogP contribution in [0.5, 0.6) is 0 Å². The summed E-state index contributed by atoms with van der Waals surface area (Å²) < 4.78 is 0. The van der Waals surface area contributed by atoms with Gasteiger partial charge in [0.05, 0.1) is 6.42 Å². The number of carbonyl (C=O) groups excluding carboxylic acids is 1. The molecule has 70 valence electrons. The second kappa shape index (κ2) is 12.0. The van der Waals surface area contributed by atoms with Gasteiger partial charge in [0, 0.05) is 12.9 Å². The minimum Gasteiger partial charge on any atom is -0.550 e. The molecule has 6 nitrogen and oxygen atoms in total. The van der Waals surface area contributed by atoms with Crippen LogP contribution in [0.25, 0.3) is 0 Å².